The van der Waals surface area contributed by atoms with Crippen LogP contribution in [0.2, 0.25) is 0 Å². The molecule has 0 amide bonds. The molecule has 2 fully saturated rings. The zero-order valence-corrected chi connectivity index (χ0v) is 12.5. The third-order valence-electron chi connectivity index (χ3n) is 5.01. The minimum absolute atomic E-state index is 0.329. The van der Waals surface area contributed by atoms with Crippen molar-refractivity contribution in [1.82, 2.24) is 4.90 Å². The molecule has 1 aliphatic heterocycles. The molecular formula is C17H23NO3. The van der Waals surface area contributed by atoms with E-state index >= 15 is 0 Å². The van der Waals surface area contributed by atoms with Gasteiger partial charge in [0.1, 0.15) is 11.8 Å². The van der Waals surface area contributed by atoms with Crippen LogP contribution in [-0.2, 0) is 11.3 Å². The average Bonchev–Trinajstić information content (AvgIpc) is 2.87. The quantitative estimate of drug-likeness (QED) is 0.926. The van der Waals surface area contributed by atoms with Gasteiger partial charge in [-0.3, -0.25) is 9.69 Å². The van der Waals surface area contributed by atoms with Crippen LogP contribution in [0.15, 0.2) is 24.3 Å². The van der Waals surface area contributed by atoms with Gasteiger partial charge >= 0.3 is 5.97 Å². The van der Waals surface area contributed by atoms with Crippen molar-refractivity contribution in [2.45, 2.75) is 50.7 Å². The van der Waals surface area contributed by atoms with E-state index < -0.39 is 5.97 Å². The van der Waals surface area contributed by atoms with Crippen molar-refractivity contribution in [2.75, 3.05) is 7.11 Å². The number of hydrogen-bond donors (Lipinski definition) is 1. The van der Waals surface area contributed by atoms with E-state index in [-0.39, 0.29) is 6.04 Å². The second kappa shape index (κ2) is 6.06. The third-order valence-corrected chi connectivity index (χ3v) is 5.01. The molecule has 0 radical (unpaired) electrons. The Hall–Kier alpha value is -1.55. The lowest BCUT2D eigenvalue weighted by atomic mass is 9.84. The van der Waals surface area contributed by atoms with Crippen LogP contribution in [0.3, 0.4) is 0 Å². The molecule has 3 atom stereocenters. The van der Waals surface area contributed by atoms with Crippen molar-refractivity contribution in [1.29, 1.82) is 0 Å². The largest absolute Gasteiger partial charge is 0.497 e. The minimum Gasteiger partial charge on any atom is -0.497 e. The van der Waals surface area contributed by atoms with Gasteiger partial charge in [0, 0.05) is 12.6 Å². The Morgan fingerprint density at radius 1 is 1.38 bits per heavy atom. The van der Waals surface area contributed by atoms with Crippen molar-refractivity contribution in [3.8, 4) is 5.75 Å². The first kappa shape index (κ1) is 14.4. The number of carboxylic acids is 1. The lowest BCUT2D eigenvalue weighted by Crippen LogP contribution is -2.41. The molecule has 3 unspecified atom stereocenters. The Balaban J connectivity index is 1.81. The summed E-state index contributed by atoms with van der Waals surface area (Å²) in [6, 6.07) is 8.06. The lowest BCUT2D eigenvalue weighted by Gasteiger charge is -2.33. The van der Waals surface area contributed by atoms with Gasteiger partial charge in [0.05, 0.1) is 7.11 Å². The van der Waals surface area contributed by atoms with Gasteiger partial charge in [-0.2, -0.15) is 0 Å². The van der Waals surface area contributed by atoms with Crippen molar-refractivity contribution < 1.29 is 14.6 Å². The van der Waals surface area contributed by atoms with Crippen molar-refractivity contribution in [3.63, 3.8) is 0 Å². The van der Waals surface area contributed by atoms with Crippen LogP contribution in [-0.4, -0.2) is 35.2 Å². The van der Waals surface area contributed by atoms with E-state index in [1.165, 1.54) is 19.3 Å². The van der Waals surface area contributed by atoms with Crippen LogP contribution >= 0.6 is 0 Å². The minimum atomic E-state index is -0.674. The van der Waals surface area contributed by atoms with Gasteiger partial charge < -0.3 is 9.84 Å². The zero-order chi connectivity index (χ0) is 14.8. The number of nitrogens with zero attached hydrogens (tertiary/aromatic N) is 1. The number of benzene rings is 1. The van der Waals surface area contributed by atoms with Gasteiger partial charge in [-0.05, 0) is 42.9 Å². The molecule has 1 aromatic carbocycles. The summed E-state index contributed by atoms with van der Waals surface area (Å²) in [6.07, 6.45) is 5.61. The predicted octanol–water partition coefficient (Wildman–Crippen LogP) is 2.91. The monoisotopic (exact) mass is 289 g/mol. The van der Waals surface area contributed by atoms with Crippen LogP contribution in [0, 0.1) is 5.92 Å². The fourth-order valence-corrected chi connectivity index (χ4v) is 4.00. The van der Waals surface area contributed by atoms with E-state index in [2.05, 4.69) is 11.0 Å². The Labute approximate surface area is 125 Å². The predicted molar refractivity (Wildman–Crippen MR) is 80.3 cm³/mol. The molecular weight excluding hydrogens is 266 g/mol. The fourth-order valence-electron chi connectivity index (χ4n) is 4.00. The van der Waals surface area contributed by atoms with Crippen LogP contribution in [0.4, 0.5) is 0 Å². The molecule has 1 heterocycles. The SMILES string of the molecule is COc1cccc(CN2C(C(=O)O)CC3CCCCC32)c1. The zero-order valence-electron chi connectivity index (χ0n) is 12.5. The van der Waals surface area contributed by atoms with Crippen molar-refractivity contribution in [2.24, 2.45) is 5.92 Å². The molecule has 0 bridgehead atoms. The van der Waals surface area contributed by atoms with Crippen LogP contribution in [0.25, 0.3) is 0 Å². The summed E-state index contributed by atoms with van der Waals surface area (Å²) in [4.78, 5) is 13.8. The summed E-state index contributed by atoms with van der Waals surface area (Å²) in [6.45, 7) is 0.704. The summed E-state index contributed by atoms with van der Waals surface area (Å²) in [5.41, 5.74) is 1.13. The first-order chi connectivity index (χ1) is 10.2. The van der Waals surface area contributed by atoms with Gasteiger partial charge in [-0.1, -0.05) is 25.0 Å². The molecule has 4 heteroatoms. The lowest BCUT2D eigenvalue weighted by molar-refractivity contribution is -0.142. The highest BCUT2D eigenvalue weighted by molar-refractivity contribution is 5.74. The average molecular weight is 289 g/mol. The van der Waals surface area contributed by atoms with Gasteiger partial charge in [0.25, 0.3) is 0 Å². The number of carbonyl (C=O) groups is 1. The summed E-state index contributed by atoms with van der Waals surface area (Å²) >= 11 is 0. The van der Waals surface area contributed by atoms with E-state index in [0.29, 0.717) is 18.5 Å². The third kappa shape index (κ3) is 2.91. The molecule has 1 aliphatic carbocycles. The molecule has 0 aromatic heterocycles. The number of fused-ring (bicyclic) bond motifs is 1. The molecule has 1 saturated carbocycles. The summed E-state index contributed by atoms with van der Waals surface area (Å²) in [7, 11) is 1.66. The highest BCUT2D eigenvalue weighted by atomic mass is 16.5. The number of likely N-dealkylation sites (tertiary alicyclic amines) is 1. The van der Waals surface area contributed by atoms with E-state index in [1.54, 1.807) is 7.11 Å². The van der Waals surface area contributed by atoms with Gasteiger partial charge in [0.15, 0.2) is 0 Å². The maximum Gasteiger partial charge on any atom is 0.320 e. The molecule has 114 valence electrons. The molecule has 2 aliphatic rings. The summed E-state index contributed by atoms with van der Waals surface area (Å²) in [5.74, 6) is 0.719. The maximum absolute atomic E-state index is 11.6. The Kier molecular flexibility index (Phi) is 4.15. The second-order valence-corrected chi connectivity index (χ2v) is 6.23. The number of aliphatic carboxylic acids is 1. The van der Waals surface area contributed by atoms with Crippen LogP contribution in [0.5, 0.6) is 5.75 Å². The summed E-state index contributed by atoms with van der Waals surface area (Å²) < 4.78 is 5.27. The highest BCUT2D eigenvalue weighted by Crippen LogP contribution is 2.40. The fraction of sp³-hybridized carbons (Fsp3) is 0.588. The van der Waals surface area contributed by atoms with Gasteiger partial charge in [0.2, 0.25) is 0 Å². The highest BCUT2D eigenvalue weighted by Gasteiger charge is 2.44. The van der Waals surface area contributed by atoms with Crippen LogP contribution < -0.4 is 4.74 Å². The smallest absolute Gasteiger partial charge is 0.320 e. The Bertz CT molecular complexity index is 517. The first-order valence-corrected chi connectivity index (χ1v) is 7.80. The van der Waals surface area contributed by atoms with E-state index in [1.807, 2.05) is 18.2 Å². The van der Waals surface area contributed by atoms with Gasteiger partial charge in [-0.25, -0.2) is 0 Å². The van der Waals surface area contributed by atoms with Crippen molar-refractivity contribution >= 4 is 5.97 Å². The molecule has 4 nitrogen and oxygen atoms in total. The van der Waals surface area contributed by atoms with Gasteiger partial charge in [-0.15, -0.1) is 0 Å². The normalized spacial score (nSPS) is 29.1. The van der Waals surface area contributed by atoms with E-state index in [0.717, 1.165) is 24.2 Å². The first-order valence-electron chi connectivity index (χ1n) is 7.80. The number of ether oxygens (including phenoxy) is 1. The number of carboxylic acid groups (broad SMARTS) is 1. The number of rotatable bonds is 4. The molecule has 21 heavy (non-hydrogen) atoms. The standard InChI is InChI=1S/C17H23NO3/c1-21-14-7-4-5-12(9-14)11-18-15-8-3-2-6-13(15)10-16(18)17(19)20/h4-5,7,9,13,15-16H,2-3,6,8,10-11H2,1H3,(H,19,20). The second-order valence-electron chi connectivity index (χ2n) is 6.23. The van der Waals surface area contributed by atoms with E-state index in [9.17, 15) is 9.90 Å². The maximum atomic E-state index is 11.6. The Morgan fingerprint density at radius 3 is 2.95 bits per heavy atom. The van der Waals surface area contributed by atoms with Crippen LogP contribution in [0.1, 0.15) is 37.7 Å². The number of methoxy groups -OCH3 is 1. The number of hydrogen-bond acceptors (Lipinski definition) is 3. The molecule has 1 N–H and O–H groups in total. The molecule has 3 rings (SSSR count). The molecule has 1 aromatic rings. The Morgan fingerprint density at radius 2 is 2.19 bits per heavy atom. The van der Waals surface area contributed by atoms with E-state index in [4.69, 9.17) is 4.74 Å². The topological polar surface area (TPSA) is 49.8 Å². The van der Waals surface area contributed by atoms with Crippen molar-refractivity contribution in [3.05, 3.63) is 29.8 Å². The molecule has 1 saturated heterocycles. The molecule has 0 spiro atoms. The summed E-state index contributed by atoms with van der Waals surface area (Å²) in [5, 5.41) is 9.54.